The van der Waals surface area contributed by atoms with Crippen molar-refractivity contribution in [3.05, 3.63) is 64.4 Å². The molecule has 0 radical (unpaired) electrons. The molecule has 0 saturated heterocycles. The first kappa shape index (κ1) is 12.9. The standard InChI is InChI=1S/C14H12ClFO2/c1-18-13-5-3-2-4-10(13)14(17)11-8-9(15)6-7-12(11)16/h2-8,14,17H,1H3. The second kappa shape index (κ2) is 5.38. The van der Waals surface area contributed by atoms with Gasteiger partial charge in [-0.3, -0.25) is 0 Å². The van der Waals surface area contributed by atoms with Crippen LogP contribution in [0.3, 0.4) is 0 Å². The van der Waals surface area contributed by atoms with E-state index in [-0.39, 0.29) is 5.56 Å². The Bertz CT molecular complexity index is 557. The van der Waals surface area contributed by atoms with E-state index >= 15 is 0 Å². The Morgan fingerprint density at radius 2 is 1.89 bits per heavy atom. The molecular weight excluding hydrogens is 255 g/mol. The number of aliphatic hydroxyl groups is 1. The van der Waals surface area contributed by atoms with Crippen LogP contribution in [0.1, 0.15) is 17.2 Å². The maximum Gasteiger partial charge on any atom is 0.129 e. The number of hydrogen-bond acceptors (Lipinski definition) is 2. The monoisotopic (exact) mass is 266 g/mol. The van der Waals surface area contributed by atoms with Gasteiger partial charge in [-0.15, -0.1) is 0 Å². The first-order valence-corrected chi connectivity index (χ1v) is 5.77. The topological polar surface area (TPSA) is 29.5 Å². The zero-order valence-corrected chi connectivity index (χ0v) is 10.5. The summed E-state index contributed by atoms with van der Waals surface area (Å²) in [5.74, 6) is 0.00202. The molecular formula is C14H12ClFO2. The van der Waals surface area contributed by atoms with Gasteiger partial charge < -0.3 is 9.84 Å². The maximum absolute atomic E-state index is 13.7. The van der Waals surface area contributed by atoms with Gasteiger partial charge in [0.25, 0.3) is 0 Å². The first-order chi connectivity index (χ1) is 8.63. The van der Waals surface area contributed by atoms with Crippen molar-refractivity contribution in [3.8, 4) is 5.75 Å². The molecule has 2 aromatic carbocycles. The molecule has 1 unspecified atom stereocenters. The van der Waals surface area contributed by atoms with Gasteiger partial charge in [0.15, 0.2) is 0 Å². The van der Waals surface area contributed by atoms with Crippen molar-refractivity contribution in [2.75, 3.05) is 7.11 Å². The van der Waals surface area contributed by atoms with Gasteiger partial charge in [-0.2, -0.15) is 0 Å². The van der Waals surface area contributed by atoms with Crippen LogP contribution in [0, 0.1) is 5.82 Å². The molecule has 1 atom stereocenters. The molecule has 2 rings (SSSR count). The van der Waals surface area contributed by atoms with Crippen LogP contribution in [0.4, 0.5) is 4.39 Å². The Labute approximate surface area is 110 Å². The summed E-state index contributed by atoms with van der Waals surface area (Å²) in [6, 6.07) is 11.0. The second-order valence-corrected chi connectivity index (χ2v) is 4.25. The highest BCUT2D eigenvalue weighted by atomic mass is 35.5. The summed E-state index contributed by atoms with van der Waals surface area (Å²) < 4.78 is 18.8. The molecule has 0 fully saturated rings. The molecule has 0 aromatic heterocycles. The largest absolute Gasteiger partial charge is 0.496 e. The Balaban J connectivity index is 2.47. The van der Waals surface area contributed by atoms with Gasteiger partial charge in [0, 0.05) is 16.1 Å². The molecule has 18 heavy (non-hydrogen) atoms. The zero-order valence-electron chi connectivity index (χ0n) is 9.73. The average Bonchev–Trinajstić information content (AvgIpc) is 2.40. The fraction of sp³-hybridized carbons (Fsp3) is 0.143. The number of halogens is 2. The first-order valence-electron chi connectivity index (χ1n) is 5.39. The average molecular weight is 267 g/mol. The molecule has 0 amide bonds. The molecule has 0 heterocycles. The summed E-state index contributed by atoms with van der Waals surface area (Å²) in [5.41, 5.74) is 0.633. The van der Waals surface area contributed by atoms with Crippen LogP contribution in [0.25, 0.3) is 0 Å². The third-order valence-electron chi connectivity index (χ3n) is 2.69. The van der Waals surface area contributed by atoms with E-state index in [9.17, 15) is 9.50 Å². The quantitative estimate of drug-likeness (QED) is 0.920. The minimum atomic E-state index is -1.11. The van der Waals surface area contributed by atoms with E-state index in [0.29, 0.717) is 16.3 Å². The molecule has 0 bridgehead atoms. The Morgan fingerprint density at radius 3 is 2.61 bits per heavy atom. The van der Waals surface area contributed by atoms with Gasteiger partial charge in [0.2, 0.25) is 0 Å². The van der Waals surface area contributed by atoms with Crippen LogP contribution in [0.15, 0.2) is 42.5 Å². The van der Waals surface area contributed by atoms with Gasteiger partial charge in [0.05, 0.1) is 7.11 Å². The highest BCUT2D eigenvalue weighted by Gasteiger charge is 2.18. The van der Waals surface area contributed by atoms with E-state index in [2.05, 4.69) is 0 Å². The van der Waals surface area contributed by atoms with Gasteiger partial charge in [-0.1, -0.05) is 29.8 Å². The van der Waals surface area contributed by atoms with Crippen molar-refractivity contribution in [2.45, 2.75) is 6.10 Å². The number of ether oxygens (including phenoxy) is 1. The Morgan fingerprint density at radius 1 is 1.17 bits per heavy atom. The van der Waals surface area contributed by atoms with E-state index in [0.717, 1.165) is 0 Å². The fourth-order valence-electron chi connectivity index (χ4n) is 1.78. The normalized spacial score (nSPS) is 12.2. The summed E-state index contributed by atoms with van der Waals surface area (Å²) in [4.78, 5) is 0. The number of para-hydroxylation sites is 1. The van der Waals surface area contributed by atoms with Crippen molar-refractivity contribution in [2.24, 2.45) is 0 Å². The predicted octanol–water partition coefficient (Wildman–Crippen LogP) is 3.57. The van der Waals surface area contributed by atoms with Gasteiger partial charge in [-0.05, 0) is 24.3 Å². The van der Waals surface area contributed by atoms with Gasteiger partial charge in [-0.25, -0.2) is 4.39 Å². The van der Waals surface area contributed by atoms with Gasteiger partial charge >= 0.3 is 0 Å². The van der Waals surface area contributed by atoms with Crippen LogP contribution in [0.2, 0.25) is 5.02 Å². The highest BCUT2D eigenvalue weighted by Crippen LogP contribution is 2.32. The van der Waals surface area contributed by atoms with Gasteiger partial charge in [0.1, 0.15) is 17.7 Å². The third kappa shape index (κ3) is 2.47. The molecule has 0 spiro atoms. The van der Waals surface area contributed by atoms with Crippen molar-refractivity contribution < 1.29 is 14.2 Å². The van der Waals surface area contributed by atoms with Crippen molar-refractivity contribution >= 4 is 11.6 Å². The lowest BCUT2D eigenvalue weighted by Gasteiger charge is -2.15. The maximum atomic E-state index is 13.7. The summed E-state index contributed by atoms with van der Waals surface area (Å²) in [7, 11) is 1.50. The molecule has 0 saturated carbocycles. The second-order valence-electron chi connectivity index (χ2n) is 3.81. The van der Waals surface area contributed by atoms with Crippen LogP contribution < -0.4 is 4.74 Å². The number of hydrogen-bond donors (Lipinski definition) is 1. The number of benzene rings is 2. The molecule has 0 aliphatic rings. The lowest BCUT2D eigenvalue weighted by atomic mass is 10.0. The van der Waals surface area contributed by atoms with Crippen LogP contribution in [-0.2, 0) is 0 Å². The van der Waals surface area contributed by atoms with Crippen molar-refractivity contribution in [1.29, 1.82) is 0 Å². The molecule has 94 valence electrons. The predicted molar refractivity (Wildman–Crippen MR) is 68.5 cm³/mol. The van der Waals surface area contributed by atoms with Crippen molar-refractivity contribution in [1.82, 2.24) is 0 Å². The molecule has 2 nitrogen and oxygen atoms in total. The lowest BCUT2D eigenvalue weighted by Crippen LogP contribution is -2.04. The SMILES string of the molecule is COc1ccccc1C(O)c1cc(Cl)ccc1F. The lowest BCUT2D eigenvalue weighted by molar-refractivity contribution is 0.209. The molecule has 1 N–H and O–H groups in total. The van der Waals surface area contributed by atoms with E-state index < -0.39 is 11.9 Å². The summed E-state index contributed by atoms with van der Waals surface area (Å²) in [6.07, 6.45) is -1.11. The minimum Gasteiger partial charge on any atom is -0.496 e. The van der Waals surface area contributed by atoms with E-state index in [1.165, 1.54) is 25.3 Å². The van der Waals surface area contributed by atoms with E-state index in [1.807, 2.05) is 0 Å². The highest BCUT2D eigenvalue weighted by molar-refractivity contribution is 6.30. The smallest absolute Gasteiger partial charge is 0.129 e. The fourth-order valence-corrected chi connectivity index (χ4v) is 1.96. The van der Waals surface area contributed by atoms with Crippen LogP contribution in [-0.4, -0.2) is 12.2 Å². The van der Waals surface area contributed by atoms with E-state index in [1.54, 1.807) is 24.3 Å². The molecule has 0 aliphatic heterocycles. The Hall–Kier alpha value is -1.58. The van der Waals surface area contributed by atoms with E-state index in [4.69, 9.17) is 16.3 Å². The minimum absolute atomic E-state index is 0.131. The summed E-state index contributed by atoms with van der Waals surface area (Å²) in [5, 5.41) is 10.6. The van der Waals surface area contributed by atoms with Crippen LogP contribution in [0.5, 0.6) is 5.75 Å². The van der Waals surface area contributed by atoms with Crippen molar-refractivity contribution in [3.63, 3.8) is 0 Å². The number of methoxy groups -OCH3 is 1. The molecule has 4 heteroatoms. The molecule has 0 aliphatic carbocycles. The summed E-state index contributed by atoms with van der Waals surface area (Å²) in [6.45, 7) is 0. The zero-order chi connectivity index (χ0) is 13.1. The van der Waals surface area contributed by atoms with Crippen LogP contribution >= 0.6 is 11.6 Å². The molecule has 2 aromatic rings. The Kier molecular flexibility index (Phi) is 3.84. The third-order valence-corrected chi connectivity index (χ3v) is 2.92. The number of rotatable bonds is 3. The number of aliphatic hydroxyl groups excluding tert-OH is 1. The summed E-state index contributed by atoms with van der Waals surface area (Å²) >= 11 is 5.81.